The molecule has 134 valence electrons. The molecule has 2 aromatic heterocycles. The number of ether oxygens (including phenoxy) is 1. The second kappa shape index (κ2) is 7.09. The molecule has 1 amide bonds. The van der Waals surface area contributed by atoms with E-state index in [1.54, 1.807) is 22.9 Å². The van der Waals surface area contributed by atoms with Gasteiger partial charge in [-0.25, -0.2) is 9.78 Å². The molecule has 1 N–H and O–H groups in total. The van der Waals surface area contributed by atoms with Crippen LogP contribution in [0.4, 0.5) is 10.5 Å². The fraction of sp³-hybridized carbons (Fsp3) is 0.0500. The van der Waals surface area contributed by atoms with Gasteiger partial charge in [-0.1, -0.05) is 12.1 Å². The molecule has 0 aliphatic rings. The number of amides is 1. The number of benzene rings is 2. The van der Waals surface area contributed by atoms with Gasteiger partial charge in [-0.2, -0.15) is 4.98 Å². The van der Waals surface area contributed by atoms with Gasteiger partial charge < -0.3 is 10.1 Å². The summed E-state index contributed by atoms with van der Waals surface area (Å²) in [5, 5.41) is 3.88. The molecule has 2 aromatic carbocycles. The number of hydrogen-bond donors (Lipinski definition) is 1. The normalized spacial score (nSPS) is 10.7. The van der Waals surface area contributed by atoms with Crippen molar-refractivity contribution in [3.05, 3.63) is 77.8 Å². The zero-order chi connectivity index (χ0) is 18.8. The molecular formula is C20H15ClN4O2. The van der Waals surface area contributed by atoms with E-state index in [4.69, 9.17) is 16.3 Å². The molecule has 0 saturated heterocycles. The molecule has 0 bridgehead atoms. The lowest BCUT2D eigenvalue weighted by Gasteiger charge is -2.09. The molecule has 2 heterocycles. The van der Waals surface area contributed by atoms with Crippen LogP contribution in [0.2, 0.25) is 5.28 Å². The zero-order valence-corrected chi connectivity index (χ0v) is 15.1. The predicted octanol–water partition coefficient (Wildman–Crippen LogP) is 5.27. The van der Waals surface area contributed by atoms with Crippen LogP contribution >= 0.6 is 11.6 Å². The summed E-state index contributed by atoms with van der Waals surface area (Å²) in [6.07, 6.45) is 3.25. The summed E-state index contributed by atoms with van der Waals surface area (Å²) in [5.41, 5.74) is 2.60. The Hall–Kier alpha value is -3.38. The number of hydrogen-bond acceptors (Lipinski definition) is 4. The highest BCUT2D eigenvalue weighted by molar-refractivity contribution is 6.28. The maximum atomic E-state index is 12.6. The molecule has 0 atom stereocenters. The predicted molar refractivity (Wildman–Crippen MR) is 105 cm³/mol. The highest BCUT2D eigenvalue weighted by Crippen LogP contribution is 2.26. The lowest BCUT2D eigenvalue weighted by molar-refractivity contribution is 0.254. The Balaban J connectivity index is 1.57. The summed E-state index contributed by atoms with van der Waals surface area (Å²) in [6.45, 7) is 1.98. The van der Waals surface area contributed by atoms with Crippen molar-refractivity contribution in [3.8, 4) is 11.6 Å². The van der Waals surface area contributed by atoms with Crippen molar-refractivity contribution >= 4 is 34.2 Å². The molecule has 6 nitrogen and oxygen atoms in total. The van der Waals surface area contributed by atoms with Gasteiger partial charge in [0.25, 0.3) is 0 Å². The number of halogens is 1. The van der Waals surface area contributed by atoms with Crippen LogP contribution in [0, 0.1) is 6.92 Å². The standard InChI is InChI=1S/C20H15ClN4O2/c1-13-3-2-4-15(11-13)23-20(26)25-10-8-14-12-16(5-6-17(14)25)27-18-7-9-22-19(21)24-18/h2-12H,1H3,(H,23,26). The number of anilines is 1. The molecule has 0 aliphatic heterocycles. The second-order valence-electron chi connectivity index (χ2n) is 5.97. The van der Waals surface area contributed by atoms with Crippen LogP contribution < -0.4 is 10.1 Å². The van der Waals surface area contributed by atoms with Crippen LogP contribution in [-0.2, 0) is 0 Å². The number of fused-ring (bicyclic) bond motifs is 1. The van der Waals surface area contributed by atoms with E-state index in [0.717, 1.165) is 22.2 Å². The number of aryl methyl sites for hydroxylation is 1. The van der Waals surface area contributed by atoms with Crippen molar-refractivity contribution in [2.24, 2.45) is 0 Å². The third-order valence-electron chi connectivity index (χ3n) is 3.97. The number of nitrogens with one attached hydrogen (secondary N) is 1. The van der Waals surface area contributed by atoms with Crippen molar-refractivity contribution in [2.75, 3.05) is 5.32 Å². The van der Waals surface area contributed by atoms with Crippen LogP contribution in [-0.4, -0.2) is 20.6 Å². The molecule has 0 saturated carbocycles. The van der Waals surface area contributed by atoms with Crippen LogP contribution in [0.3, 0.4) is 0 Å². The van der Waals surface area contributed by atoms with Crippen molar-refractivity contribution in [1.29, 1.82) is 0 Å². The van der Waals surface area contributed by atoms with Gasteiger partial charge in [-0.3, -0.25) is 4.57 Å². The van der Waals surface area contributed by atoms with E-state index >= 15 is 0 Å². The van der Waals surface area contributed by atoms with Crippen LogP contribution in [0.25, 0.3) is 10.9 Å². The average molecular weight is 379 g/mol. The largest absolute Gasteiger partial charge is 0.439 e. The Morgan fingerprint density at radius 3 is 2.85 bits per heavy atom. The van der Waals surface area contributed by atoms with Crippen molar-refractivity contribution < 1.29 is 9.53 Å². The van der Waals surface area contributed by atoms with E-state index < -0.39 is 0 Å². The van der Waals surface area contributed by atoms with E-state index in [-0.39, 0.29) is 11.3 Å². The first-order chi connectivity index (χ1) is 13.1. The first-order valence-electron chi connectivity index (χ1n) is 8.24. The van der Waals surface area contributed by atoms with E-state index in [1.165, 1.54) is 6.20 Å². The maximum Gasteiger partial charge on any atom is 0.330 e. The fourth-order valence-corrected chi connectivity index (χ4v) is 2.90. The first kappa shape index (κ1) is 17.1. The quantitative estimate of drug-likeness (QED) is 0.493. The average Bonchev–Trinajstić information content (AvgIpc) is 3.05. The summed E-state index contributed by atoms with van der Waals surface area (Å²) in [5.74, 6) is 0.945. The molecule has 27 heavy (non-hydrogen) atoms. The Kier molecular flexibility index (Phi) is 4.48. The smallest absolute Gasteiger partial charge is 0.330 e. The molecule has 0 fully saturated rings. The first-order valence-corrected chi connectivity index (χ1v) is 8.62. The maximum absolute atomic E-state index is 12.6. The van der Waals surface area contributed by atoms with E-state index in [1.807, 2.05) is 49.4 Å². The summed E-state index contributed by atoms with van der Waals surface area (Å²) < 4.78 is 7.26. The van der Waals surface area contributed by atoms with Crippen LogP contribution in [0.5, 0.6) is 11.6 Å². The van der Waals surface area contributed by atoms with Crippen LogP contribution in [0.15, 0.2) is 67.0 Å². The molecule has 0 radical (unpaired) electrons. The van der Waals surface area contributed by atoms with Crippen molar-refractivity contribution in [3.63, 3.8) is 0 Å². The number of rotatable bonds is 3. The molecule has 4 rings (SSSR count). The fourth-order valence-electron chi connectivity index (χ4n) is 2.76. The van der Waals surface area contributed by atoms with Gasteiger partial charge in [0.2, 0.25) is 11.2 Å². The number of carbonyl (C=O) groups is 1. The Morgan fingerprint density at radius 1 is 1.15 bits per heavy atom. The van der Waals surface area contributed by atoms with Gasteiger partial charge in [0.1, 0.15) is 5.75 Å². The molecule has 0 aliphatic carbocycles. The van der Waals surface area contributed by atoms with Crippen molar-refractivity contribution in [1.82, 2.24) is 14.5 Å². The Labute approximate surface area is 160 Å². The molecule has 4 aromatic rings. The highest BCUT2D eigenvalue weighted by Gasteiger charge is 2.10. The SMILES string of the molecule is Cc1cccc(NC(=O)n2ccc3cc(Oc4ccnc(Cl)n4)ccc32)c1. The molecular weight excluding hydrogens is 364 g/mol. The number of nitrogens with zero attached hydrogens (tertiary/aromatic N) is 3. The summed E-state index contributed by atoms with van der Waals surface area (Å²) in [6, 6.07) is 16.3. The number of carbonyl (C=O) groups excluding carboxylic acids is 1. The van der Waals surface area contributed by atoms with Crippen molar-refractivity contribution in [2.45, 2.75) is 6.92 Å². The minimum absolute atomic E-state index is 0.118. The van der Waals surface area contributed by atoms with Crippen LogP contribution in [0.1, 0.15) is 5.56 Å². The molecule has 0 unspecified atom stereocenters. The van der Waals surface area contributed by atoms with Gasteiger partial charge in [0, 0.05) is 29.5 Å². The van der Waals surface area contributed by atoms with E-state index in [9.17, 15) is 4.79 Å². The number of aromatic nitrogens is 3. The molecule has 0 spiro atoms. The third-order valence-corrected chi connectivity index (χ3v) is 4.15. The zero-order valence-electron chi connectivity index (χ0n) is 14.4. The Morgan fingerprint density at radius 2 is 2.04 bits per heavy atom. The Bertz CT molecular complexity index is 1140. The summed E-state index contributed by atoms with van der Waals surface area (Å²) in [4.78, 5) is 20.4. The lowest BCUT2D eigenvalue weighted by Crippen LogP contribution is -2.18. The molecule has 7 heteroatoms. The monoisotopic (exact) mass is 378 g/mol. The summed E-state index contributed by atoms with van der Waals surface area (Å²) in [7, 11) is 0. The van der Waals surface area contributed by atoms with Gasteiger partial charge in [0.15, 0.2) is 0 Å². The van der Waals surface area contributed by atoms with Gasteiger partial charge in [0.05, 0.1) is 5.52 Å². The second-order valence-corrected chi connectivity index (χ2v) is 6.31. The van der Waals surface area contributed by atoms with Gasteiger partial charge >= 0.3 is 6.03 Å². The van der Waals surface area contributed by atoms with Gasteiger partial charge in [-0.15, -0.1) is 0 Å². The minimum atomic E-state index is -0.230. The highest BCUT2D eigenvalue weighted by atomic mass is 35.5. The topological polar surface area (TPSA) is 69.0 Å². The van der Waals surface area contributed by atoms with E-state index in [0.29, 0.717) is 11.6 Å². The van der Waals surface area contributed by atoms with Gasteiger partial charge in [-0.05, 0) is 60.5 Å². The van der Waals surface area contributed by atoms with E-state index in [2.05, 4.69) is 15.3 Å². The lowest BCUT2D eigenvalue weighted by atomic mass is 10.2. The minimum Gasteiger partial charge on any atom is -0.439 e. The summed E-state index contributed by atoms with van der Waals surface area (Å²) >= 11 is 5.77. The third kappa shape index (κ3) is 3.75.